The van der Waals surface area contributed by atoms with E-state index in [1.54, 1.807) is 12.1 Å². The Hall–Kier alpha value is -2.02. The summed E-state index contributed by atoms with van der Waals surface area (Å²) in [5.41, 5.74) is 0.701. The monoisotopic (exact) mass is 251 g/mol. The second kappa shape index (κ2) is 4.88. The molecule has 1 aromatic carbocycles. The Morgan fingerprint density at radius 3 is 2.47 bits per heavy atom. The van der Waals surface area contributed by atoms with E-state index in [1.807, 2.05) is 0 Å². The van der Waals surface area contributed by atoms with Crippen LogP contribution >= 0.6 is 11.8 Å². The molecule has 88 valence electrons. The van der Waals surface area contributed by atoms with Crippen LogP contribution in [0.5, 0.6) is 0 Å². The highest BCUT2D eigenvalue weighted by atomic mass is 32.2. The number of nitrogens with zero attached hydrogens (tertiary/aromatic N) is 1. The first kappa shape index (κ1) is 11.5. The van der Waals surface area contributed by atoms with E-state index in [0.717, 1.165) is 10.6 Å². The number of non-ortho nitro benzene ring substituents is 1. The highest BCUT2D eigenvalue weighted by Gasteiger charge is 2.04. The lowest BCUT2D eigenvalue weighted by Gasteiger charge is -1.99. The minimum atomic E-state index is -0.432. The van der Waals surface area contributed by atoms with Crippen molar-refractivity contribution in [3.05, 3.63) is 56.5 Å². The number of nitro benzene ring substituents is 1. The Kier molecular flexibility index (Phi) is 3.29. The summed E-state index contributed by atoms with van der Waals surface area (Å²) >= 11 is 1.49. The Labute approximate surface area is 100 Å². The van der Waals surface area contributed by atoms with Gasteiger partial charge in [0.05, 0.1) is 4.92 Å². The van der Waals surface area contributed by atoms with Crippen LogP contribution < -0.4 is 5.56 Å². The molecule has 2 N–H and O–H groups in total. The van der Waals surface area contributed by atoms with Gasteiger partial charge in [0, 0.05) is 34.5 Å². The average molecular weight is 251 g/mol. The van der Waals surface area contributed by atoms with Gasteiger partial charge in [-0.25, -0.2) is 0 Å². The molecule has 0 saturated heterocycles. The summed E-state index contributed by atoms with van der Waals surface area (Å²) in [6.45, 7) is 0. The van der Waals surface area contributed by atoms with Gasteiger partial charge in [-0.2, -0.15) is 0 Å². The van der Waals surface area contributed by atoms with E-state index < -0.39 is 4.92 Å². The molecular weight excluding hydrogens is 242 g/mol. The summed E-state index contributed by atoms with van der Waals surface area (Å²) in [7, 11) is 0. The molecule has 0 aliphatic heterocycles. The number of H-pyrrole nitrogens is 2. The molecule has 1 heterocycles. The first-order chi connectivity index (χ1) is 8.15. The number of benzene rings is 1. The van der Waals surface area contributed by atoms with E-state index in [0.29, 0.717) is 5.75 Å². The Balaban J connectivity index is 2.00. The predicted molar refractivity (Wildman–Crippen MR) is 64.1 cm³/mol. The molecule has 7 heteroatoms. The maximum Gasteiger partial charge on any atom is 0.269 e. The van der Waals surface area contributed by atoms with Crippen molar-refractivity contribution in [3.8, 4) is 0 Å². The molecule has 1 aromatic heterocycles. The first-order valence-electron chi connectivity index (χ1n) is 4.79. The van der Waals surface area contributed by atoms with Gasteiger partial charge >= 0.3 is 0 Å². The van der Waals surface area contributed by atoms with Crippen molar-refractivity contribution >= 4 is 17.4 Å². The molecule has 2 rings (SSSR count). The van der Waals surface area contributed by atoms with E-state index in [9.17, 15) is 14.9 Å². The molecule has 17 heavy (non-hydrogen) atoms. The zero-order chi connectivity index (χ0) is 12.3. The van der Waals surface area contributed by atoms with E-state index in [-0.39, 0.29) is 11.2 Å². The van der Waals surface area contributed by atoms with Crippen molar-refractivity contribution in [2.75, 3.05) is 0 Å². The molecule has 0 fully saturated rings. The van der Waals surface area contributed by atoms with Crippen LogP contribution in [0.2, 0.25) is 0 Å². The quantitative estimate of drug-likeness (QED) is 0.493. The van der Waals surface area contributed by atoms with Crippen molar-refractivity contribution in [2.24, 2.45) is 0 Å². The lowest BCUT2D eigenvalue weighted by atomic mass is 10.3. The number of aromatic amines is 2. The molecule has 0 aliphatic rings. The molecule has 6 nitrogen and oxygen atoms in total. The minimum Gasteiger partial charge on any atom is -0.301 e. The summed E-state index contributed by atoms with van der Waals surface area (Å²) in [6, 6.07) is 7.78. The molecule has 0 saturated carbocycles. The molecule has 2 aromatic rings. The molecule has 0 aliphatic carbocycles. The van der Waals surface area contributed by atoms with Gasteiger partial charge in [-0.3, -0.25) is 20.0 Å². The number of hydrogen-bond donors (Lipinski definition) is 2. The van der Waals surface area contributed by atoms with E-state index in [2.05, 4.69) is 10.2 Å². The van der Waals surface area contributed by atoms with Crippen LogP contribution in [0.1, 0.15) is 5.69 Å². The van der Waals surface area contributed by atoms with Crippen molar-refractivity contribution in [2.45, 2.75) is 10.6 Å². The summed E-state index contributed by atoms with van der Waals surface area (Å²) in [4.78, 5) is 21.8. The highest BCUT2D eigenvalue weighted by molar-refractivity contribution is 7.98. The van der Waals surface area contributed by atoms with Crippen LogP contribution in [0.25, 0.3) is 0 Å². The number of thioether (sulfide) groups is 1. The maximum absolute atomic E-state index is 10.9. The van der Waals surface area contributed by atoms with Gasteiger partial charge in [0.25, 0.3) is 11.2 Å². The first-order valence-corrected chi connectivity index (χ1v) is 5.77. The fourth-order valence-electron chi connectivity index (χ4n) is 1.28. The zero-order valence-electron chi connectivity index (χ0n) is 8.67. The lowest BCUT2D eigenvalue weighted by molar-refractivity contribution is -0.384. The summed E-state index contributed by atoms with van der Waals surface area (Å²) in [5, 5.41) is 15.6. The second-order valence-corrected chi connectivity index (χ2v) is 4.37. The standard InChI is InChI=1S/C10H9N3O3S/c14-10-5-7(11-12-10)6-17-9-3-1-8(2-4-9)13(15)16/h1-5H,6H2,(H2,11,12,14). The van der Waals surface area contributed by atoms with Crippen molar-refractivity contribution < 1.29 is 4.92 Å². The smallest absolute Gasteiger partial charge is 0.269 e. The van der Waals surface area contributed by atoms with E-state index in [4.69, 9.17) is 0 Å². The number of nitrogens with one attached hydrogen (secondary N) is 2. The topological polar surface area (TPSA) is 91.8 Å². The van der Waals surface area contributed by atoms with Gasteiger partial charge in [-0.15, -0.1) is 11.8 Å². The van der Waals surface area contributed by atoms with Gasteiger partial charge in [-0.05, 0) is 12.1 Å². The number of nitro groups is 1. The summed E-state index contributed by atoms with van der Waals surface area (Å²) in [6.07, 6.45) is 0. The molecular formula is C10H9N3O3S. The van der Waals surface area contributed by atoms with Gasteiger partial charge < -0.3 is 5.10 Å². The number of rotatable bonds is 4. The lowest BCUT2D eigenvalue weighted by Crippen LogP contribution is -1.93. The van der Waals surface area contributed by atoms with E-state index >= 15 is 0 Å². The molecule has 0 atom stereocenters. The Morgan fingerprint density at radius 2 is 1.94 bits per heavy atom. The maximum atomic E-state index is 10.9. The molecule has 0 bridgehead atoms. The third-order valence-corrected chi connectivity index (χ3v) is 3.15. The number of aromatic nitrogens is 2. The van der Waals surface area contributed by atoms with Crippen LogP contribution in [-0.4, -0.2) is 15.1 Å². The SMILES string of the molecule is O=c1cc(CSc2ccc([N+](=O)[O-])cc2)[nH][nH]1. The molecule has 0 radical (unpaired) electrons. The van der Waals surface area contributed by atoms with Crippen LogP contribution in [0.3, 0.4) is 0 Å². The van der Waals surface area contributed by atoms with E-state index in [1.165, 1.54) is 30.0 Å². The minimum absolute atomic E-state index is 0.0735. The largest absolute Gasteiger partial charge is 0.301 e. The van der Waals surface area contributed by atoms with Crippen LogP contribution in [0.4, 0.5) is 5.69 Å². The number of hydrogen-bond acceptors (Lipinski definition) is 4. The van der Waals surface area contributed by atoms with Gasteiger partial charge in [0.1, 0.15) is 0 Å². The van der Waals surface area contributed by atoms with Crippen molar-refractivity contribution in [1.82, 2.24) is 10.2 Å². The zero-order valence-corrected chi connectivity index (χ0v) is 9.49. The second-order valence-electron chi connectivity index (χ2n) is 3.32. The molecule has 0 unspecified atom stereocenters. The van der Waals surface area contributed by atoms with Gasteiger partial charge in [-0.1, -0.05) is 0 Å². The predicted octanol–water partition coefficient (Wildman–Crippen LogP) is 1.90. The third kappa shape index (κ3) is 2.97. The fraction of sp³-hybridized carbons (Fsp3) is 0.100. The van der Waals surface area contributed by atoms with Crippen LogP contribution in [-0.2, 0) is 5.75 Å². The Morgan fingerprint density at radius 1 is 1.24 bits per heavy atom. The van der Waals surface area contributed by atoms with Crippen LogP contribution in [0, 0.1) is 10.1 Å². The molecule has 0 amide bonds. The van der Waals surface area contributed by atoms with Crippen molar-refractivity contribution in [1.29, 1.82) is 0 Å². The van der Waals surface area contributed by atoms with Gasteiger partial charge in [0.15, 0.2) is 0 Å². The van der Waals surface area contributed by atoms with Gasteiger partial charge in [0.2, 0.25) is 0 Å². The average Bonchev–Trinajstić information content (AvgIpc) is 2.73. The molecule has 0 spiro atoms. The highest BCUT2D eigenvalue weighted by Crippen LogP contribution is 2.23. The third-order valence-electron chi connectivity index (χ3n) is 2.09. The van der Waals surface area contributed by atoms with Crippen LogP contribution in [0.15, 0.2) is 40.0 Å². The Bertz CT molecular complexity index is 573. The normalized spacial score (nSPS) is 10.4. The fourth-order valence-corrected chi connectivity index (χ4v) is 2.08. The van der Waals surface area contributed by atoms with Crippen molar-refractivity contribution in [3.63, 3.8) is 0 Å². The summed E-state index contributed by atoms with van der Waals surface area (Å²) < 4.78 is 0. The summed E-state index contributed by atoms with van der Waals surface area (Å²) in [5.74, 6) is 0.608.